The molecule has 0 aliphatic heterocycles. The molecule has 1 aromatic carbocycles. The molecule has 0 fully saturated rings. The second kappa shape index (κ2) is 5.13. The van der Waals surface area contributed by atoms with Gasteiger partial charge in [0.1, 0.15) is 17.0 Å². The van der Waals surface area contributed by atoms with Gasteiger partial charge in [-0.3, -0.25) is 10.1 Å². The number of carboxylic acid groups (broad SMARTS) is 1. The minimum atomic E-state index is -1.26. The van der Waals surface area contributed by atoms with Crippen LogP contribution in [0.3, 0.4) is 0 Å². The van der Waals surface area contributed by atoms with Crippen molar-refractivity contribution in [2.45, 2.75) is 19.4 Å². The number of carbonyl (C=O) groups is 1. The highest BCUT2D eigenvalue weighted by Gasteiger charge is 2.35. The van der Waals surface area contributed by atoms with E-state index in [-0.39, 0.29) is 11.4 Å². The molecule has 0 heterocycles. The van der Waals surface area contributed by atoms with Gasteiger partial charge in [-0.05, 0) is 26.0 Å². The molecule has 0 amide bonds. The molecule has 0 atom stereocenters. The monoisotopic (exact) mass is 268 g/mol. The van der Waals surface area contributed by atoms with Gasteiger partial charge in [-0.2, -0.15) is 0 Å². The minimum Gasteiger partial charge on any atom is -0.496 e. The SMILES string of the molecule is COc1ccc(N(C)C(C)(C)C(=O)O)c([N+](=O)[O-])c1. The Morgan fingerprint density at radius 3 is 2.47 bits per heavy atom. The highest BCUT2D eigenvalue weighted by atomic mass is 16.6. The van der Waals surface area contributed by atoms with E-state index in [1.165, 1.54) is 45.0 Å². The molecule has 104 valence electrons. The van der Waals surface area contributed by atoms with E-state index in [1.54, 1.807) is 6.07 Å². The van der Waals surface area contributed by atoms with E-state index in [1.807, 2.05) is 0 Å². The molecule has 19 heavy (non-hydrogen) atoms. The van der Waals surface area contributed by atoms with Crippen LogP contribution >= 0.6 is 0 Å². The summed E-state index contributed by atoms with van der Waals surface area (Å²) in [6.45, 7) is 2.95. The highest BCUT2D eigenvalue weighted by molar-refractivity contribution is 5.84. The number of benzene rings is 1. The third kappa shape index (κ3) is 2.75. The first-order valence-electron chi connectivity index (χ1n) is 5.51. The van der Waals surface area contributed by atoms with E-state index >= 15 is 0 Å². The van der Waals surface area contributed by atoms with Crippen molar-refractivity contribution in [3.05, 3.63) is 28.3 Å². The fourth-order valence-electron chi connectivity index (χ4n) is 1.50. The highest BCUT2D eigenvalue weighted by Crippen LogP contribution is 2.34. The number of hydrogen-bond donors (Lipinski definition) is 1. The van der Waals surface area contributed by atoms with E-state index in [0.717, 1.165) is 0 Å². The third-order valence-corrected chi connectivity index (χ3v) is 3.10. The number of ether oxygens (including phenoxy) is 1. The largest absolute Gasteiger partial charge is 0.496 e. The zero-order valence-electron chi connectivity index (χ0n) is 11.2. The second-order valence-corrected chi connectivity index (χ2v) is 4.53. The molecule has 0 aromatic heterocycles. The van der Waals surface area contributed by atoms with Crippen LogP contribution in [0.15, 0.2) is 18.2 Å². The number of hydrogen-bond acceptors (Lipinski definition) is 5. The van der Waals surface area contributed by atoms with Gasteiger partial charge in [0, 0.05) is 7.05 Å². The maximum absolute atomic E-state index is 11.2. The standard InChI is InChI=1S/C12H16N2O5/c1-12(2,11(15)16)13(3)9-6-5-8(19-4)7-10(9)14(17)18/h5-7H,1-4H3,(H,15,16). The molecule has 0 aliphatic rings. The molecule has 0 unspecified atom stereocenters. The lowest BCUT2D eigenvalue weighted by Gasteiger charge is -2.33. The summed E-state index contributed by atoms with van der Waals surface area (Å²) in [5.74, 6) is -0.725. The molecule has 0 aliphatic carbocycles. The third-order valence-electron chi connectivity index (χ3n) is 3.10. The zero-order chi connectivity index (χ0) is 14.8. The summed E-state index contributed by atoms with van der Waals surface area (Å²) in [6.07, 6.45) is 0. The Hall–Kier alpha value is -2.31. The maximum atomic E-state index is 11.2. The van der Waals surface area contributed by atoms with Crippen LogP contribution < -0.4 is 9.64 Å². The quantitative estimate of drug-likeness (QED) is 0.647. The van der Waals surface area contributed by atoms with Crippen molar-refractivity contribution in [2.24, 2.45) is 0 Å². The number of nitro groups is 1. The Kier molecular flexibility index (Phi) is 3.98. The van der Waals surface area contributed by atoms with Crippen LogP contribution in [0.4, 0.5) is 11.4 Å². The van der Waals surface area contributed by atoms with Gasteiger partial charge in [-0.1, -0.05) is 0 Å². The lowest BCUT2D eigenvalue weighted by molar-refractivity contribution is -0.384. The summed E-state index contributed by atoms with van der Waals surface area (Å²) < 4.78 is 4.93. The van der Waals surface area contributed by atoms with E-state index in [4.69, 9.17) is 9.84 Å². The Balaban J connectivity index is 3.34. The maximum Gasteiger partial charge on any atom is 0.328 e. The van der Waals surface area contributed by atoms with Gasteiger partial charge < -0.3 is 14.7 Å². The number of methoxy groups -OCH3 is 1. The number of carboxylic acids is 1. The average Bonchev–Trinajstić information content (AvgIpc) is 2.36. The number of nitro benzene ring substituents is 1. The number of likely N-dealkylation sites (N-methyl/N-ethyl adjacent to an activating group) is 1. The second-order valence-electron chi connectivity index (χ2n) is 4.53. The number of nitrogens with zero attached hydrogens (tertiary/aromatic N) is 2. The van der Waals surface area contributed by atoms with Crippen LogP contribution in [-0.2, 0) is 4.79 Å². The van der Waals surface area contributed by atoms with Gasteiger partial charge >= 0.3 is 5.97 Å². The molecule has 1 aromatic rings. The van der Waals surface area contributed by atoms with E-state index in [9.17, 15) is 14.9 Å². The van der Waals surface area contributed by atoms with Crippen molar-refractivity contribution < 1.29 is 19.6 Å². The molecular formula is C12H16N2O5. The summed E-state index contributed by atoms with van der Waals surface area (Å²) in [5.41, 5.74) is -1.24. The number of rotatable bonds is 5. The smallest absolute Gasteiger partial charge is 0.328 e. The molecule has 0 radical (unpaired) electrons. The fraction of sp³-hybridized carbons (Fsp3) is 0.417. The van der Waals surface area contributed by atoms with Gasteiger partial charge in [0.2, 0.25) is 0 Å². The summed E-state index contributed by atoms with van der Waals surface area (Å²) in [6, 6.07) is 4.29. The minimum absolute atomic E-state index is 0.198. The lowest BCUT2D eigenvalue weighted by Crippen LogP contribution is -2.48. The molecule has 1 rings (SSSR count). The molecule has 0 spiro atoms. The van der Waals surface area contributed by atoms with Crippen LogP contribution in [-0.4, -0.2) is 35.7 Å². The van der Waals surface area contributed by atoms with E-state index < -0.39 is 16.4 Å². The Morgan fingerprint density at radius 2 is 2.05 bits per heavy atom. The molecule has 0 bridgehead atoms. The van der Waals surface area contributed by atoms with Gasteiger partial charge in [0.05, 0.1) is 18.1 Å². The fourth-order valence-corrected chi connectivity index (χ4v) is 1.50. The van der Waals surface area contributed by atoms with E-state index in [2.05, 4.69) is 0 Å². The summed E-state index contributed by atoms with van der Waals surface area (Å²) in [5, 5.41) is 20.2. The van der Waals surface area contributed by atoms with Crippen LogP contribution in [0, 0.1) is 10.1 Å². The van der Waals surface area contributed by atoms with Crippen LogP contribution in [0.5, 0.6) is 5.75 Å². The van der Waals surface area contributed by atoms with Crippen LogP contribution in [0.2, 0.25) is 0 Å². The van der Waals surface area contributed by atoms with Crippen LogP contribution in [0.1, 0.15) is 13.8 Å². The predicted octanol–water partition coefficient (Wildman–Crippen LogP) is 1.90. The summed E-state index contributed by atoms with van der Waals surface area (Å²) >= 11 is 0. The van der Waals surface area contributed by atoms with Gasteiger partial charge in [0.15, 0.2) is 0 Å². The molecule has 0 saturated heterocycles. The summed E-state index contributed by atoms with van der Waals surface area (Å²) in [7, 11) is 2.91. The lowest BCUT2D eigenvalue weighted by atomic mass is 10.0. The van der Waals surface area contributed by atoms with Crippen molar-refractivity contribution >= 4 is 17.3 Å². The van der Waals surface area contributed by atoms with Gasteiger partial charge in [0.25, 0.3) is 5.69 Å². The average molecular weight is 268 g/mol. The molecule has 1 N–H and O–H groups in total. The molecular weight excluding hydrogens is 252 g/mol. The van der Waals surface area contributed by atoms with Crippen molar-refractivity contribution in [2.75, 3.05) is 19.1 Å². The Morgan fingerprint density at radius 1 is 1.47 bits per heavy atom. The normalized spacial score (nSPS) is 10.9. The van der Waals surface area contributed by atoms with Crippen molar-refractivity contribution in [3.63, 3.8) is 0 Å². The topological polar surface area (TPSA) is 92.9 Å². The molecule has 7 heteroatoms. The number of anilines is 1. The molecule has 0 saturated carbocycles. The van der Waals surface area contributed by atoms with Crippen molar-refractivity contribution in [1.82, 2.24) is 0 Å². The Labute approximate surface area is 110 Å². The first-order chi connectivity index (χ1) is 8.71. The molecule has 7 nitrogen and oxygen atoms in total. The first-order valence-corrected chi connectivity index (χ1v) is 5.51. The zero-order valence-corrected chi connectivity index (χ0v) is 11.2. The predicted molar refractivity (Wildman–Crippen MR) is 69.8 cm³/mol. The van der Waals surface area contributed by atoms with Gasteiger partial charge in [-0.25, -0.2) is 4.79 Å². The Bertz CT molecular complexity index is 513. The summed E-state index contributed by atoms with van der Waals surface area (Å²) in [4.78, 5) is 23.1. The van der Waals surface area contributed by atoms with E-state index in [0.29, 0.717) is 5.75 Å². The van der Waals surface area contributed by atoms with Gasteiger partial charge in [-0.15, -0.1) is 0 Å². The van der Waals surface area contributed by atoms with Crippen molar-refractivity contribution in [3.8, 4) is 5.75 Å². The number of aliphatic carboxylic acids is 1. The first kappa shape index (κ1) is 14.7. The van der Waals surface area contributed by atoms with Crippen LogP contribution in [0.25, 0.3) is 0 Å². The van der Waals surface area contributed by atoms with Crippen molar-refractivity contribution in [1.29, 1.82) is 0 Å².